The molecule has 0 aliphatic carbocycles. The molecule has 0 spiro atoms. The number of nitrogens with zero attached hydrogens (tertiary/aromatic N) is 12. The first kappa shape index (κ1) is 109. The van der Waals surface area contributed by atoms with Crippen molar-refractivity contribution in [2.24, 2.45) is 22.3 Å². The topological polar surface area (TPSA) is 553 Å². The number of nitrogens with two attached hydrogens (primary N) is 2. The third kappa shape index (κ3) is 35.7. The molecule has 12 aromatic rings. The van der Waals surface area contributed by atoms with Crippen molar-refractivity contribution < 1.29 is 96.3 Å². The van der Waals surface area contributed by atoms with Gasteiger partial charge in [-0.3, -0.25) is 78.5 Å². The number of hydrogen-bond donors (Lipinski definition) is 6. The number of aldehydes is 2. The lowest BCUT2D eigenvalue weighted by Gasteiger charge is -2.34. The van der Waals surface area contributed by atoms with Crippen molar-refractivity contribution in [2.45, 2.75) is 92.6 Å². The molecule has 0 saturated carbocycles. The minimum absolute atomic E-state index is 0.0369. The van der Waals surface area contributed by atoms with E-state index >= 15 is 0 Å². The molecule has 14 rings (SSSR count). The number of benzene rings is 9. The molecule has 2 fully saturated rings. The number of aryl methyl sites for hydroxylation is 2. The fourth-order valence-electron chi connectivity index (χ4n) is 11.9. The average molecular weight is 1950 g/mol. The van der Waals surface area contributed by atoms with Gasteiger partial charge in [-0.25, -0.2) is 9.59 Å². The van der Waals surface area contributed by atoms with E-state index in [0.717, 1.165) is 62.9 Å². The normalized spacial score (nSPS) is 12.7. The summed E-state index contributed by atoms with van der Waals surface area (Å²) in [5.74, 6) is -2.93. The van der Waals surface area contributed by atoms with Gasteiger partial charge in [0.05, 0.1) is 124 Å². The van der Waals surface area contributed by atoms with Gasteiger partial charge in [-0.05, 0) is 131 Å². The van der Waals surface area contributed by atoms with Crippen LogP contribution >= 0.6 is 46.4 Å². The summed E-state index contributed by atoms with van der Waals surface area (Å²) in [6.45, 7) is 13.3. The largest absolute Gasteiger partial charge is 0.478 e. The van der Waals surface area contributed by atoms with Crippen LogP contribution in [0.2, 0.25) is 20.1 Å². The Kier molecular flexibility index (Phi) is 43.9. The first-order valence-electron chi connectivity index (χ1n) is 40.7. The zero-order valence-electron chi connectivity index (χ0n) is 74.5. The monoisotopic (exact) mass is 1950 g/mol. The molecule has 2 saturated heterocycles. The predicted molar refractivity (Wildman–Crippen MR) is 499 cm³/mol. The SMILES string of the molecule is CC1(C)COC(c2ccc(C(=O)NCc3cccc(Cl)c3)cc2[N+](=O)[O-])OC1.CC1(C)COC(c2ccc(C(=O)O)cc2[N+](=O)[O-])OC1.COC(=O)c1ccc(C=O)c([N+](=O)[O-])c1.COC(OC)OC.NCCn1ccnn1.NCc1cccc(Cl)c1.O=C(NCc1cccc(Cl)c1)c1ccc2cn(CCn3ccnn3)nc2c1.O=Cc1ccc(C(=O)NCc2cccc(Cl)c2)cc1[N+](=O)[O-]. The van der Waals surface area contributed by atoms with Crippen molar-refractivity contribution in [3.05, 3.63) is 352 Å². The van der Waals surface area contributed by atoms with E-state index in [0.29, 0.717) is 97.9 Å². The van der Waals surface area contributed by atoms with E-state index in [-0.39, 0.29) is 80.1 Å². The summed E-state index contributed by atoms with van der Waals surface area (Å²) in [4.78, 5) is 121. The number of nitro groups is 4. The molecule has 9 aromatic carbocycles. The Morgan fingerprint density at radius 1 is 0.478 bits per heavy atom. The quantitative estimate of drug-likeness (QED) is 0.00872. The van der Waals surface area contributed by atoms with Gasteiger partial charge in [-0.15, -0.1) is 10.2 Å². The van der Waals surface area contributed by atoms with E-state index in [1.807, 2.05) is 99.4 Å². The van der Waals surface area contributed by atoms with E-state index in [9.17, 15) is 74.0 Å². The number of carboxylic acids is 1. The van der Waals surface area contributed by atoms with Crippen molar-refractivity contribution in [1.82, 2.24) is 55.7 Å². The molecule has 0 unspecified atom stereocenters. The molecule has 0 bridgehead atoms. The van der Waals surface area contributed by atoms with Gasteiger partial charge in [0.2, 0.25) is 0 Å². The Morgan fingerprint density at radius 3 is 1.18 bits per heavy atom. The van der Waals surface area contributed by atoms with Crippen molar-refractivity contribution in [2.75, 3.05) is 61.4 Å². The number of methoxy groups -OCH3 is 4. The molecular formula is C91H97Cl4N17O24. The maximum absolute atomic E-state index is 12.4. The summed E-state index contributed by atoms with van der Waals surface area (Å²) in [6.07, 6.45) is 7.91. The van der Waals surface area contributed by atoms with Crippen LogP contribution in [0.25, 0.3) is 10.9 Å². The molecule has 718 valence electrons. The molecular weight excluding hydrogens is 1860 g/mol. The average Bonchev–Trinajstić information content (AvgIpc) is 0.830. The van der Waals surface area contributed by atoms with E-state index in [1.54, 1.807) is 88.6 Å². The summed E-state index contributed by atoms with van der Waals surface area (Å²) in [5.41, 5.74) is 14.6. The number of fused-ring (bicyclic) bond motifs is 1. The first-order chi connectivity index (χ1) is 64.9. The Hall–Kier alpha value is -14.2. The van der Waals surface area contributed by atoms with Gasteiger partial charge < -0.3 is 70.4 Å². The summed E-state index contributed by atoms with van der Waals surface area (Å²) < 4.78 is 45.8. The number of hydrogen-bond acceptors (Lipinski definition) is 30. The number of ether oxygens (including phenoxy) is 8. The van der Waals surface area contributed by atoms with E-state index < -0.39 is 73.9 Å². The number of amides is 3. The number of carbonyl (C=O) groups excluding carboxylic acids is 6. The molecule has 0 radical (unpaired) electrons. The van der Waals surface area contributed by atoms with Crippen LogP contribution in [0, 0.1) is 51.3 Å². The third-order valence-electron chi connectivity index (χ3n) is 18.8. The number of carboxylic acid groups (broad SMARTS) is 1. The summed E-state index contributed by atoms with van der Waals surface area (Å²) in [5, 5.41) is 84.2. The summed E-state index contributed by atoms with van der Waals surface area (Å²) in [6, 6.07) is 49.7. The number of carbonyl (C=O) groups is 7. The lowest BCUT2D eigenvalue weighted by atomic mass is 9.95. The Morgan fingerprint density at radius 2 is 0.831 bits per heavy atom. The highest BCUT2D eigenvalue weighted by molar-refractivity contribution is 6.31. The smallest absolute Gasteiger partial charge is 0.338 e. The molecule has 5 heterocycles. The Balaban J connectivity index is 0.000000220. The maximum atomic E-state index is 12.4. The fraction of sp³-hybridized carbons (Fsp3) is 0.275. The number of nitrogens with one attached hydrogen (secondary N) is 3. The first-order valence-corrected chi connectivity index (χ1v) is 42.2. The number of nitro benzene ring substituents is 4. The van der Waals surface area contributed by atoms with Crippen molar-refractivity contribution >= 4 is 122 Å². The van der Waals surface area contributed by atoms with Crippen LogP contribution in [-0.2, 0) is 83.7 Å². The molecule has 41 nitrogen and oxygen atoms in total. The van der Waals surface area contributed by atoms with Crippen LogP contribution < -0.4 is 27.4 Å². The molecule has 2 aliphatic heterocycles. The minimum atomic E-state index is -1.22. The molecule has 2 aliphatic rings. The standard InChI is InChI=1S/C20H21ClN2O5.C19H17ClN6O.C15H11ClN2O4.C13H15NO6.C9H7NO5.C7H8ClN.C4H8N4.C4H10O3/c1-20(2)11-27-19(28-12-20)16-7-6-14(9-17(16)23(25)26)18(24)22-10-13-4-3-5-15(21)8-13;20-17-3-1-2-14(10-17)12-21-19(27)15-4-5-16-13-26(23-18(16)11-15)9-8-25-7-6-22-24-25;16-13-3-1-2-10(6-13)8-17-15(20)11-4-5-12(9-19)14(7-11)18(21)22;1-13(2)6-19-12(20-7-13)9-4-3-8(11(15)16)5-10(9)14(17)18;1-15-9(12)6-2-3-7(5-11)8(4-6)10(13)14;8-7-3-1-2-6(4-7)5-9;5-1-3-8-4-2-6-7-8;1-5-4(6-2)7-3/h3-9,19H,10-12H2,1-2H3,(H,22,24);1-7,10-11,13H,8-9,12H2,(H,21,27);1-7,9H,8H2,(H,17,20);3-5,12H,6-7H2,1-2H3,(H,15,16);2-5H,1H3;1-4H,5,9H2;2,4H,1,3,5H2;4H,1-3H3. The van der Waals surface area contributed by atoms with Crippen molar-refractivity contribution in [3.63, 3.8) is 0 Å². The van der Waals surface area contributed by atoms with Crippen LogP contribution in [0.4, 0.5) is 22.7 Å². The van der Waals surface area contributed by atoms with Crippen LogP contribution in [0.5, 0.6) is 0 Å². The van der Waals surface area contributed by atoms with Gasteiger partial charge in [0.1, 0.15) is 0 Å². The molecule has 45 heteroatoms. The number of rotatable bonds is 28. The molecule has 3 amide bonds. The van der Waals surface area contributed by atoms with E-state index in [1.165, 1.54) is 83.0 Å². The van der Waals surface area contributed by atoms with Crippen LogP contribution in [0.15, 0.2) is 219 Å². The van der Waals surface area contributed by atoms with Gasteiger partial charge in [0, 0.05) is 150 Å². The zero-order chi connectivity index (χ0) is 99.6. The van der Waals surface area contributed by atoms with E-state index in [2.05, 4.69) is 60.6 Å². The van der Waals surface area contributed by atoms with Gasteiger partial charge in [0.25, 0.3) is 46.9 Å². The van der Waals surface area contributed by atoms with E-state index in [4.69, 9.17) is 81.9 Å². The van der Waals surface area contributed by atoms with Gasteiger partial charge in [-0.1, -0.05) is 139 Å². The second-order valence-corrected chi connectivity index (χ2v) is 32.2. The maximum Gasteiger partial charge on any atom is 0.338 e. The van der Waals surface area contributed by atoms with Gasteiger partial charge >= 0.3 is 11.9 Å². The molecule has 3 aromatic heterocycles. The Bertz CT molecular complexity index is 6030. The summed E-state index contributed by atoms with van der Waals surface area (Å²) in [7, 11) is 5.70. The van der Waals surface area contributed by atoms with Crippen LogP contribution in [-0.4, -0.2) is 175 Å². The summed E-state index contributed by atoms with van der Waals surface area (Å²) >= 11 is 23.4. The number of halogens is 4. The highest BCUT2D eigenvalue weighted by atomic mass is 35.5. The molecule has 136 heavy (non-hydrogen) atoms. The van der Waals surface area contributed by atoms with Gasteiger partial charge in [0.15, 0.2) is 25.2 Å². The van der Waals surface area contributed by atoms with Crippen LogP contribution in [0.1, 0.15) is 146 Å². The minimum Gasteiger partial charge on any atom is -0.478 e. The highest BCUT2D eigenvalue weighted by Crippen LogP contribution is 2.38. The Labute approximate surface area is 798 Å². The van der Waals surface area contributed by atoms with Crippen LogP contribution in [0.3, 0.4) is 0 Å². The van der Waals surface area contributed by atoms with Crippen molar-refractivity contribution in [3.8, 4) is 0 Å². The van der Waals surface area contributed by atoms with Crippen molar-refractivity contribution in [1.29, 1.82) is 0 Å². The predicted octanol–water partition coefficient (Wildman–Crippen LogP) is 15.0. The second-order valence-electron chi connectivity index (χ2n) is 30.4. The third-order valence-corrected chi connectivity index (χ3v) is 19.7. The lowest BCUT2D eigenvalue weighted by Crippen LogP contribution is -2.34. The second kappa shape index (κ2) is 54.9. The lowest BCUT2D eigenvalue weighted by molar-refractivity contribution is -0.388. The number of aromatic nitrogens is 8. The highest BCUT2D eigenvalue weighted by Gasteiger charge is 2.35. The molecule has 8 N–H and O–H groups in total. The number of esters is 1. The zero-order valence-corrected chi connectivity index (χ0v) is 77.6. The number of aromatic carboxylic acids is 1. The van der Waals surface area contributed by atoms with Gasteiger partial charge in [-0.2, -0.15) is 5.10 Å². The fourth-order valence-corrected chi connectivity index (χ4v) is 12.8. The molecule has 0 atom stereocenters.